The third-order valence-electron chi connectivity index (χ3n) is 7.78. The zero-order valence-electron chi connectivity index (χ0n) is 14.1. The van der Waals surface area contributed by atoms with Gasteiger partial charge < -0.3 is 0 Å². The summed E-state index contributed by atoms with van der Waals surface area (Å²) in [7, 11) is 0. The van der Waals surface area contributed by atoms with Crippen molar-refractivity contribution in [1.82, 2.24) is 0 Å². The maximum Gasteiger partial charge on any atom is 0.0133 e. The quantitative estimate of drug-likeness (QED) is 0.491. The number of benzene rings is 3. The first-order valence-electron chi connectivity index (χ1n) is 9.70. The summed E-state index contributed by atoms with van der Waals surface area (Å²) in [5.41, 5.74) is 9.82. The molecule has 5 aliphatic rings. The van der Waals surface area contributed by atoms with Crippen molar-refractivity contribution in [2.24, 2.45) is 11.8 Å². The average Bonchev–Trinajstić information content (AvgIpc) is 3.26. The Bertz CT molecular complexity index is 901. The van der Waals surface area contributed by atoms with Crippen molar-refractivity contribution in [1.29, 1.82) is 0 Å². The lowest BCUT2D eigenvalue weighted by Gasteiger charge is -2.53. The van der Waals surface area contributed by atoms with Crippen LogP contribution in [0.2, 0.25) is 0 Å². The summed E-state index contributed by atoms with van der Waals surface area (Å²) in [4.78, 5) is 0. The predicted molar refractivity (Wildman–Crippen MR) is 100 cm³/mol. The van der Waals surface area contributed by atoms with Crippen LogP contribution in [0.25, 0.3) is 0 Å². The lowest BCUT2D eigenvalue weighted by molar-refractivity contribution is 0.226. The van der Waals surface area contributed by atoms with Crippen LogP contribution in [0.3, 0.4) is 0 Å². The molecule has 4 atom stereocenters. The fourth-order valence-corrected chi connectivity index (χ4v) is 7.21. The van der Waals surface area contributed by atoms with Crippen LogP contribution in [0, 0.1) is 11.8 Å². The molecule has 1 fully saturated rings. The maximum atomic E-state index is 2.41. The van der Waals surface area contributed by atoms with Crippen molar-refractivity contribution in [2.75, 3.05) is 0 Å². The van der Waals surface area contributed by atoms with Crippen LogP contribution in [-0.2, 0) is 0 Å². The molecule has 0 aliphatic heterocycles. The van der Waals surface area contributed by atoms with E-state index < -0.39 is 0 Å². The first-order chi connectivity index (χ1) is 12.4. The molecule has 0 aromatic heterocycles. The SMILES string of the molecule is c1ccc2c(c1)C1CC2C2C3c4ccccc4C(c4ccccc43)C12. The van der Waals surface area contributed by atoms with Gasteiger partial charge in [0.15, 0.2) is 0 Å². The lowest BCUT2D eigenvalue weighted by Crippen LogP contribution is -2.42. The second kappa shape index (κ2) is 4.25. The van der Waals surface area contributed by atoms with Crippen molar-refractivity contribution in [2.45, 2.75) is 30.1 Å². The summed E-state index contributed by atoms with van der Waals surface area (Å²) >= 11 is 0. The van der Waals surface area contributed by atoms with Crippen molar-refractivity contribution >= 4 is 0 Å². The molecule has 3 aromatic rings. The molecule has 0 heteroatoms. The Morgan fingerprint density at radius 2 is 0.760 bits per heavy atom. The number of hydrogen-bond acceptors (Lipinski definition) is 0. The topological polar surface area (TPSA) is 0 Å². The van der Waals surface area contributed by atoms with Gasteiger partial charge in [-0.3, -0.25) is 0 Å². The van der Waals surface area contributed by atoms with E-state index in [9.17, 15) is 0 Å². The first kappa shape index (κ1) is 12.9. The number of fused-ring (bicyclic) bond motifs is 5. The van der Waals surface area contributed by atoms with Gasteiger partial charge in [0.25, 0.3) is 0 Å². The van der Waals surface area contributed by atoms with Crippen LogP contribution in [-0.4, -0.2) is 0 Å². The summed E-state index contributed by atoms with van der Waals surface area (Å²) in [6.45, 7) is 0. The van der Waals surface area contributed by atoms with Crippen LogP contribution in [0.5, 0.6) is 0 Å². The number of rotatable bonds is 0. The van der Waals surface area contributed by atoms with Crippen molar-refractivity contribution in [3.63, 3.8) is 0 Å². The second-order valence-corrected chi connectivity index (χ2v) is 8.45. The normalized spacial score (nSPS) is 35.0. The van der Waals surface area contributed by atoms with Crippen LogP contribution >= 0.6 is 0 Å². The van der Waals surface area contributed by atoms with Crippen LogP contribution in [0.15, 0.2) is 72.8 Å². The molecule has 3 aromatic carbocycles. The van der Waals surface area contributed by atoms with Crippen molar-refractivity contribution in [3.05, 3.63) is 106 Å². The summed E-state index contributed by atoms with van der Waals surface area (Å²) in [5, 5.41) is 0. The third kappa shape index (κ3) is 1.35. The van der Waals surface area contributed by atoms with Gasteiger partial charge in [-0.2, -0.15) is 0 Å². The first-order valence-corrected chi connectivity index (χ1v) is 9.70. The minimum atomic E-state index is 0.603. The zero-order chi connectivity index (χ0) is 16.1. The molecule has 0 saturated heterocycles. The molecule has 25 heavy (non-hydrogen) atoms. The average molecular weight is 320 g/mol. The van der Waals surface area contributed by atoms with E-state index in [2.05, 4.69) is 72.8 Å². The summed E-state index contributed by atoms with van der Waals surface area (Å²) in [6, 6.07) is 28.0. The van der Waals surface area contributed by atoms with Gasteiger partial charge in [-0.1, -0.05) is 72.8 Å². The molecule has 0 N–H and O–H groups in total. The van der Waals surface area contributed by atoms with E-state index in [1.165, 1.54) is 6.42 Å². The van der Waals surface area contributed by atoms with Gasteiger partial charge in [-0.15, -0.1) is 0 Å². The molecule has 0 nitrogen and oxygen atoms in total. The van der Waals surface area contributed by atoms with Gasteiger partial charge >= 0.3 is 0 Å². The third-order valence-corrected chi connectivity index (χ3v) is 7.78. The van der Waals surface area contributed by atoms with Gasteiger partial charge in [-0.05, 0) is 63.5 Å². The summed E-state index contributed by atoms with van der Waals surface area (Å²) in [6.07, 6.45) is 1.38. The molecule has 4 unspecified atom stereocenters. The van der Waals surface area contributed by atoms with E-state index in [1.54, 1.807) is 33.4 Å². The summed E-state index contributed by atoms with van der Waals surface area (Å²) in [5.74, 6) is 4.33. The Balaban J connectivity index is 1.54. The molecule has 8 rings (SSSR count). The Morgan fingerprint density at radius 1 is 0.440 bits per heavy atom. The van der Waals surface area contributed by atoms with Gasteiger partial charge in [0, 0.05) is 11.8 Å². The Hall–Kier alpha value is -2.34. The highest BCUT2D eigenvalue weighted by Crippen LogP contribution is 2.73. The summed E-state index contributed by atoms with van der Waals surface area (Å²) < 4.78 is 0. The highest BCUT2D eigenvalue weighted by Gasteiger charge is 2.61. The fourth-order valence-electron chi connectivity index (χ4n) is 7.21. The van der Waals surface area contributed by atoms with E-state index in [4.69, 9.17) is 0 Å². The molecule has 4 bridgehead atoms. The van der Waals surface area contributed by atoms with Crippen LogP contribution in [0.4, 0.5) is 0 Å². The van der Waals surface area contributed by atoms with Gasteiger partial charge in [0.2, 0.25) is 0 Å². The van der Waals surface area contributed by atoms with Crippen molar-refractivity contribution in [3.8, 4) is 0 Å². The molecule has 5 aliphatic carbocycles. The Morgan fingerprint density at radius 3 is 1.12 bits per heavy atom. The molecular weight excluding hydrogens is 300 g/mol. The fraction of sp³-hybridized carbons (Fsp3) is 0.280. The molecule has 120 valence electrons. The second-order valence-electron chi connectivity index (χ2n) is 8.45. The highest BCUT2D eigenvalue weighted by atomic mass is 14.6. The van der Waals surface area contributed by atoms with E-state index in [0.717, 1.165) is 23.7 Å². The van der Waals surface area contributed by atoms with Crippen LogP contribution < -0.4 is 0 Å². The zero-order valence-corrected chi connectivity index (χ0v) is 14.1. The predicted octanol–water partition coefficient (Wildman–Crippen LogP) is 5.79. The standard InChI is InChI=1S/C25H20/c1-2-8-15-14(7-1)20-13-21(15)25-23-18-11-5-3-9-16(18)22(24(20)25)17-10-4-6-12-19(17)23/h1-12,20-25H,13H2. The molecular formula is C25H20. The van der Waals surface area contributed by atoms with Gasteiger partial charge in [0.1, 0.15) is 0 Å². The maximum absolute atomic E-state index is 2.41. The Labute approximate surface area is 148 Å². The highest BCUT2D eigenvalue weighted by molar-refractivity contribution is 5.60. The van der Waals surface area contributed by atoms with Gasteiger partial charge in [0.05, 0.1) is 0 Å². The number of hydrogen-bond donors (Lipinski definition) is 0. The minimum Gasteiger partial charge on any atom is -0.0620 e. The molecule has 0 amide bonds. The molecule has 0 radical (unpaired) electrons. The molecule has 1 saturated carbocycles. The molecule has 0 spiro atoms. The van der Waals surface area contributed by atoms with E-state index in [1.807, 2.05) is 0 Å². The van der Waals surface area contributed by atoms with Gasteiger partial charge in [-0.25, -0.2) is 0 Å². The van der Waals surface area contributed by atoms with E-state index >= 15 is 0 Å². The molecule has 0 heterocycles. The van der Waals surface area contributed by atoms with Crippen LogP contribution in [0.1, 0.15) is 63.5 Å². The van der Waals surface area contributed by atoms with Crippen molar-refractivity contribution < 1.29 is 0 Å². The lowest BCUT2D eigenvalue weighted by atomic mass is 9.50. The van der Waals surface area contributed by atoms with E-state index in [-0.39, 0.29) is 0 Å². The smallest absolute Gasteiger partial charge is 0.0133 e. The minimum absolute atomic E-state index is 0.603. The monoisotopic (exact) mass is 320 g/mol. The largest absolute Gasteiger partial charge is 0.0620 e. The Kier molecular flexibility index (Phi) is 2.20. The van der Waals surface area contributed by atoms with E-state index in [0.29, 0.717) is 11.8 Å².